The molecule has 1 amide bonds. The maximum atomic E-state index is 11.1. The lowest BCUT2D eigenvalue weighted by molar-refractivity contribution is -0.119. The molecule has 27 heavy (non-hydrogen) atoms. The second-order valence-electron chi connectivity index (χ2n) is 6.83. The third-order valence-corrected chi connectivity index (χ3v) is 4.74. The maximum absolute atomic E-state index is 11.1. The Kier molecular flexibility index (Phi) is 5.02. The summed E-state index contributed by atoms with van der Waals surface area (Å²) in [7, 11) is 0. The van der Waals surface area contributed by atoms with Crippen LogP contribution in [0.1, 0.15) is 24.7 Å². The largest absolute Gasteiger partial charge is 0.489 e. The molecule has 1 fully saturated rings. The van der Waals surface area contributed by atoms with Crippen LogP contribution >= 0.6 is 0 Å². The number of rotatable bonds is 6. The van der Waals surface area contributed by atoms with Crippen LogP contribution in [0.3, 0.4) is 0 Å². The molecule has 1 atom stereocenters. The number of pyridine rings is 2. The fourth-order valence-electron chi connectivity index (χ4n) is 3.44. The summed E-state index contributed by atoms with van der Waals surface area (Å²) < 4.78 is 8.28. The number of nitrogens with one attached hydrogen (secondary N) is 1. The Bertz CT molecular complexity index is 939. The van der Waals surface area contributed by atoms with Crippen molar-refractivity contribution in [1.29, 1.82) is 0 Å². The van der Waals surface area contributed by atoms with Crippen LogP contribution in [-0.2, 0) is 17.9 Å². The lowest BCUT2D eigenvalue weighted by Gasteiger charge is -2.18. The molecule has 4 heterocycles. The van der Waals surface area contributed by atoms with Crippen molar-refractivity contribution in [3.05, 3.63) is 60.3 Å². The van der Waals surface area contributed by atoms with E-state index in [-0.39, 0.29) is 12.0 Å². The highest BCUT2D eigenvalue weighted by Crippen LogP contribution is 2.20. The van der Waals surface area contributed by atoms with E-state index in [1.807, 2.05) is 30.6 Å². The van der Waals surface area contributed by atoms with Gasteiger partial charge in [0.05, 0.1) is 12.2 Å². The van der Waals surface area contributed by atoms with E-state index in [2.05, 4.69) is 36.7 Å². The fourth-order valence-corrected chi connectivity index (χ4v) is 3.44. The molecule has 1 saturated heterocycles. The van der Waals surface area contributed by atoms with E-state index in [1.54, 1.807) is 6.20 Å². The Balaban J connectivity index is 1.35. The quantitative estimate of drug-likeness (QED) is 0.724. The first-order valence-electron chi connectivity index (χ1n) is 9.17. The number of carbonyl (C=O) groups excluding carboxylic acids is 1. The van der Waals surface area contributed by atoms with Gasteiger partial charge in [-0.05, 0) is 24.6 Å². The van der Waals surface area contributed by atoms with Crippen molar-refractivity contribution >= 4 is 11.6 Å². The normalized spacial score (nSPS) is 17.3. The fraction of sp³-hybridized carbons (Fsp3) is 0.350. The van der Waals surface area contributed by atoms with Crippen molar-refractivity contribution in [2.75, 3.05) is 13.1 Å². The van der Waals surface area contributed by atoms with E-state index in [9.17, 15) is 4.79 Å². The standard InChI is InChI=1S/C20H23N5O2/c1-15(26)23-12-16-11-18(5-7-21-16)27-19-6-9-24(14-19)13-17-3-2-4-20-22-8-10-25(17)20/h2-5,7-8,10-11,19H,6,9,12-14H2,1H3,(H,23,26). The Morgan fingerprint density at radius 3 is 3.11 bits per heavy atom. The number of aromatic nitrogens is 3. The zero-order chi connectivity index (χ0) is 18.6. The van der Waals surface area contributed by atoms with Crippen LogP contribution in [0, 0.1) is 0 Å². The first kappa shape index (κ1) is 17.5. The highest BCUT2D eigenvalue weighted by molar-refractivity contribution is 5.72. The van der Waals surface area contributed by atoms with Crippen LogP contribution in [0.15, 0.2) is 48.9 Å². The lowest BCUT2D eigenvalue weighted by Crippen LogP contribution is -2.25. The Hall–Kier alpha value is -2.93. The van der Waals surface area contributed by atoms with Gasteiger partial charge in [-0.1, -0.05) is 6.07 Å². The van der Waals surface area contributed by atoms with Gasteiger partial charge in [0.25, 0.3) is 0 Å². The average molecular weight is 365 g/mol. The molecule has 1 N–H and O–H groups in total. The van der Waals surface area contributed by atoms with Crippen molar-refractivity contribution in [3.8, 4) is 5.75 Å². The van der Waals surface area contributed by atoms with Gasteiger partial charge in [-0.15, -0.1) is 0 Å². The maximum Gasteiger partial charge on any atom is 0.217 e. The zero-order valence-corrected chi connectivity index (χ0v) is 15.3. The van der Waals surface area contributed by atoms with E-state index in [0.29, 0.717) is 6.54 Å². The number of amides is 1. The van der Waals surface area contributed by atoms with Crippen molar-refractivity contribution in [2.24, 2.45) is 0 Å². The number of ether oxygens (including phenoxy) is 1. The minimum Gasteiger partial charge on any atom is -0.489 e. The highest BCUT2D eigenvalue weighted by Gasteiger charge is 2.24. The zero-order valence-electron chi connectivity index (χ0n) is 15.3. The number of hydrogen-bond acceptors (Lipinski definition) is 5. The van der Waals surface area contributed by atoms with Gasteiger partial charge in [-0.3, -0.25) is 14.7 Å². The summed E-state index contributed by atoms with van der Waals surface area (Å²) in [5.41, 5.74) is 3.00. The van der Waals surface area contributed by atoms with Gasteiger partial charge in [0.2, 0.25) is 5.91 Å². The Morgan fingerprint density at radius 2 is 2.22 bits per heavy atom. The van der Waals surface area contributed by atoms with Gasteiger partial charge in [0.15, 0.2) is 0 Å². The van der Waals surface area contributed by atoms with Crippen LogP contribution in [0.2, 0.25) is 0 Å². The molecule has 1 aliphatic heterocycles. The SMILES string of the molecule is CC(=O)NCc1cc(OC2CCN(Cc3cccc4nccn34)C2)ccn1. The van der Waals surface area contributed by atoms with Crippen molar-refractivity contribution in [3.63, 3.8) is 0 Å². The van der Waals surface area contributed by atoms with E-state index in [1.165, 1.54) is 12.6 Å². The van der Waals surface area contributed by atoms with Crippen molar-refractivity contribution < 1.29 is 9.53 Å². The number of carbonyl (C=O) groups is 1. The summed E-state index contributed by atoms with van der Waals surface area (Å²) in [4.78, 5) is 22.1. The van der Waals surface area contributed by atoms with Gasteiger partial charge < -0.3 is 14.5 Å². The van der Waals surface area contributed by atoms with Crippen molar-refractivity contribution in [2.45, 2.75) is 32.5 Å². The molecule has 4 rings (SSSR count). The summed E-state index contributed by atoms with van der Waals surface area (Å²) >= 11 is 0. The summed E-state index contributed by atoms with van der Waals surface area (Å²) in [5, 5.41) is 2.76. The molecule has 1 aliphatic rings. The van der Waals surface area contributed by atoms with Gasteiger partial charge in [0, 0.05) is 56.9 Å². The molecular weight excluding hydrogens is 342 g/mol. The molecule has 0 radical (unpaired) electrons. The molecule has 3 aromatic rings. The van der Waals surface area contributed by atoms with E-state index in [0.717, 1.165) is 43.1 Å². The Morgan fingerprint density at radius 1 is 1.30 bits per heavy atom. The van der Waals surface area contributed by atoms with E-state index in [4.69, 9.17) is 4.74 Å². The van der Waals surface area contributed by atoms with E-state index >= 15 is 0 Å². The lowest BCUT2D eigenvalue weighted by atomic mass is 10.3. The van der Waals surface area contributed by atoms with E-state index < -0.39 is 0 Å². The molecule has 7 nitrogen and oxygen atoms in total. The second-order valence-corrected chi connectivity index (χ2v) is 6.83. The predicted octanol–water partition coefficient (Wildman–Crippen LogP) is 2.02. The average Bonchev–Trinajstić information content (AvgIpc) is 3.30. The molecule has 140 valence electrons. The highest BCUT2D eigenvalue weighted by atomic mass is 16.5. The van der Waals surface area contributed by atoms with Crippen LogP contribution in [0.4, 0.5) is 0 Å². The summed E-state index contributed by atoms with van der Waals surface area (Å²) in [6, 6.07) is 9.97. The topological polar surface area (TPSA) is 71.8 Å². The number of hydrogen-bond donors (Lipinski definition) is 1. The predicted molar refractivity (Wildman–Crippen MR) is 101 cm³/mol. The minimum atomic E-state index is -0.0672. The number of imidazole rings is 1. The van der Waals surface area contributed by atoms with Gasteiger partial charge in [-0.2, -0.15) is 0 Å². The summed E-state index contributed by atoms with van der Waals surface area (Å²) in [6.07, 6.45) is 6.70. The van der Waals surface area contributed by atoms with Crippen LogP contribution in [0.5, 0.6) is 5.75 Å². The van der Waals surface area contributed by atoms with Gasteiger partial charge in [0.1, 0.15) is 17.5 Å². The molecule has 7 heteroatoms. The summed E-state index contributed by atoms with van der Waals surface area (Å²) in [5.74, 6) is 0.733. The van der Waals surface area contributed by atoms with Gasteiger partial charge >= 0.3 is 0 Å². The third kappa shape index (κ3) is 4.25. The van der Waals surface area contributed by atoms with Crippen LogP contribution in [-0.4, -0.2) is 44.4 Å². The molecule has 3 aromatic heterocycles. The van der Waals surface area contributed by atoms with Crippen molar-refractivity contribution in [1.82, 2.24) is 24.6 Å². The smallest absolute Gasteiger partial charge is 0.217 e. The minimum absolute atomic E-state index is 0.0672. The molecule has 0 aromatic carbocycles. The van der Waals surface area contributed by atoms with Crippen LogP contribution < -0.4 is 10.1 Å². The monoisotopic (exact) mass is 365 g/mol. The first-order valence-corrected chi connectivity index (χ1v) is 9.17. The molecule has 0 spiro atoms. The Labute approximate surface area is 158 Å². The second kappa shape index (κ2) is 7.75. The molecule has 0 saturated carbocycles. The van der Waals surface area contributed by atoms with Gasteiger partial charge in [-0.25, -0.2) is 4.98 Å². The van der Waals surface area contributed by atoms with Crippen LogP contribution in [0.25, 0.3) is 5.65 Å². The summed E-state index contributed by atoms with van der Waals surface area (Å²) in [6.45, 7) is 4.67. The first-order chi connectivity index (χ1) is 13.2. The number of nitrogens with zero attached hydrogens (tertiary/aromatic N) is 4. The number of likely N-dealkylation sites (tertiary alicyclic amines) is 1. The molecule has 1 unspecified atom stereocenters. The molecule has 0 aliphatic carbocycles. The molecule has 0 bridgehead atoms. The molecular formula is C20H23N5O2. The third-order valence-electron chi connectivity index (χ3n) is 4.74. The number of fused-ring (bicyclic) bond motifs is 1.